The molecule has 1 heterocycles. The first-order valence-corrected chi connectivity index (χ1v) is 5.81. The minimum atomic E-state index is -0.788. The summed E-state index contributed by atoms with van der Waals surface area (Å²) < 4.78 is 2.19. The summed E-state index contributed by atoms with van der Waals surface area (Å²) in [4.78, 5) is 10.7. The van der Waals surface area contributed by atoms with Crippen molar-refractivity contribution in [1.29, 1.82) is 0 Å². The molecule has 17 heavy (non-hydrogen) atoms. The molecule has 0 aliphatic rings. The summed E-state index contributed by atoms with van der Waals surface area (Å²) in [5.74, 6) is -0.788. The smallest absolute Gasteiger partial charge is 0.307 e. The zero-order valence-corrected chi connectivity index (χ0v) is 10.4. The molecule has 0 unspecified atom stereocenters. The standard InChI is InChI=1S/C14H17NO2/c1-9(2)15-8-10(3)12-5-4-11(6-13(12)15)7-14(16)17/h4-6,8-9H,7H2,1-3H3,(H,16,17). The van der Waals surface area contributed by atoms with Gasteiger partial charge in [-0.1, -0.05) is 12.1 Å². The van der Waals surface area contributed by atoms with Crippen molar-refractivity contribution in [2.45, 2.75) is 33.2 Å². The van der Waals surface area contributed by atoms with Crippen molar-refractivity contribution in [1.82, 2.24) is 4.57 Å². The molecule has 0 saturated heterocycles. The summed E-state index contributed by atoms with van der Waals surface area (Å²) >= 11 is 0. The Morgan fingerprint density at radius 3 is 2.71 bits per heavy atom. The molecule has 1 N–H and O–H groups in total. The fourth-order valence-electron chi connectivity index (χ4n) is 2.18. The maximum absolute atomic E-state index is 10.7. The van der Waals surface area contributed by atoms with Crippen LogP contribution >= 0.6 is 0 Å². The number of hydrogen-bond acceptors (Lipinski definition) is 1. The summed E-state index contributed by atoms with van der Waals surface area (Å²) in [6.45, 7) is 6.34. The van der Waals surface area contributed by atoms with E-state index in [9.17, 15) is 4.79 Å². The van der Waals surface area contributed by atoms with E-state index in [1.807, 2.05) is 18.2 Å². The third-order valence-electron chi connectivity index (χ3n) is 3.01. The average molecular weight is 231 g/mol. The number of benzene rings is 1. The highest BCUT2D eigenvalue weighted by molar-refractivity contribution is 5.85. The number of fused-ring (bicyclic) bond motifs is 1. The fraction of sp³-hybridized carbons (Fsp3) is 0.357. The summed E-state index contributed by atoms with van der Waals surface area (Å²) in [5, 5.41) is 10.0. The molecule has 0 atom stereocenters. The number of carbonyl (C=O) groups is 1. The summed E-state index contributed by atoms with van der Waals surface area (Å²) in [5.41, 5.74) is 3.21. The molecule has 0 aliphatic heterocycles. The highest BCUT2D eigenvalue weighted by Crippen LogP contribution is 2.25. The molecule has 3 nitrogen and oxygen atoms in total. The normalized spacial score (nSPS) is 11.3. The van der Waals surface area contributed by atoms with Crippen molar-refractivity contribution in [2.75, 3.05) is 0 Å². The third-order valence-corrected chi connectivity index (χ3v) is 3.01. The van der Waals surface area contributed by atoms with Gasteiger partial charge in [-0.25, -0.2) is 0 Å². The Labute approximate surface area is 101 Å². The van der Waals surface area contributed by atoms with Gasteiger partial charge in [-0.2, -0.15) is 0 Å². The lowest BCUT2D eigenvalue weighted by molar-refractivity contribution is -0.136. The van der Waals surface area contributed by atoms with Crippen molar-refractivity contribution in [3.8, 4) is 0 Å². The van der Waals surface area contributed by atoms with Gasteiger partial charge in [0.15, 0.2) is 0 Å². The van der Waals surface area contributed by atoms with Crippen LogP contribution in [-0.2, 0) is 11.2 Å². The van der Waals surface area contributed by atoms with Crippen molar-refractivity contribution in [3.63, 3.8) is 0 Å². The van der Waals surface area contributed by atoms with Crippen LogP contribution in [-0.4, -0.2) is 15.6 Å². The van der Waals surface area contributed by atoms with Gasteiger partial charge in [-0.3, -0.25) is 4.79 Å². The molecule has 0 saturated carbocycles. The second-order valence-corrected chi connectivity index (χ2v) is 4.74. The lowest BCUT2D eigenvalue weighted by atomic mass is 10.1. The lowest BCUT2D eigenvalue weighted by Gasteiger charge is -2.09. The maximum Gasteiger partial charge on any atom is 0.307 e. The van der Waals surface area contributed by atoms with Crippen LogP contribution in [0.2, 0.25) is 0 Å². The van der Waals surface area contributed by atoms with Crippen molar-refractivity contribution in [2.24, 2.45) is 0 Å². The van der Waals surface area contributed by atoms with Gasteiger partial charge >= 0.3 is 5.97 Å². The fourth-order valence-corrected chi connectivity index (χ4v) is 2.18. The number of carboxylic acids is 1. The van der Waals surface area contributed by atoms with E-state index in [0.29, 0.717) is 6.04 Å². The Balaban J connectivity index is 2.58. The Kier molecular flexibility index (Phi) is 2.92. The minimum Gasteiger partial charge on any atom is -0.481 e. The van der Waals surface area contributed by atoms with Gasteiger partial charge in [0.2, 0.25) is 0 Å². The Bertz CT molecular complexity index is 567. The van der Waals surface area contributed by atoms with Crippen LogP contribution in [0.15, 0.2) is 24.4 Å². The molecule has 90 valence electrons. The molecule has 2 aromatic rings. The first-order chi connectivity index (χ1) is 7.99. The van der Waals surface area contributed by atoms with E-state index in [4.69, 9.17) is 5.11 Å². The van der Waals surface area contributed by atoms with E-state index in [-0.39, 0.29) is 6.42 Å². The zero-order valence-electron chi connectivity index (χ0n) is 10.4. The molecular weight excluding hydrogens is 214 g/mol. The minimum absolute atomic E-state index is 0.0816. The Morgan fingerprint density at radius 2 is 2.12 bits per heavy atom. The van der Waals surface area contributed by atoms with Gasteiger partial charge in [0, 0.05) is 23.1 Å². The number of hydrogen-bond donors (Lipinski definition) is 1. The molecule has 0 amide bonds. The third kappa shape index (κ3) is 2.18. The van der Waals surface area contributed by atoms with Crippen LogP contribution in [0.1, 0.15) is 31.0 Å². The number of nitrogens with zero attached hydrogens (tertiary/aromatic N) is 1. The maximum atomic E-state index is 10.7. The Morgan fingerprint density at radius 1 is 1.41 bits per heavy atom. The highest BCUT2D eigenvalue weighted by Gasteiger charge is 2.09. The average Bonchev–Trinajstić information content (AvgIpc) is 2.55. The zero-order chi connectivity index (χ0) is 12.6. The predicted octanol–water partition coefficient (Wildman–Crippen LogP) is 3.16. The number of aryl methyl sites for hydroxylation is 1. The second kappa shape index (κ2) is 4.24. The molecule has 0 aliphatic carbocycles. The summed E-state index contributed by atoms with van der Waals surface area (Å²) in [6, 6.07) is 6.28. The van der Waals surface area contributed by atoms with Crippen molar-refractivity contribution in [3.05, 3.63) is 35.5 Å². The topological polar surface area (TPSA) is 42.2 Å². The van der Waals surface area contributed by atoms with Crippen LogP contribution in [0.5, 0.6) is 0 Å². The van der Waals surface area contributed by atoms with E-state index in [1.165, 1.54) is 10.9 Å². The summed E-state index contributed by atoms with van der Waals surface area (Å²) in [7, 11) is 0. The first kappa shape index (κ1) is 11.7. The first-order valence-electron chi connectivity index (χ1n) is 5.81. The molecule has 0 fully saturated rings. The molecule has 1 aromatic heterocycles. The van der Waals surface area contributed by atoms with Gasteiger partial charge in [0.1, 0.15) is 0 Å². The van der Waals surface area contributed by atoms with Crippen LogP contribution in [0, 0.1) is 6.92 Å². The van der Waals surface area contributed by atoms with E-state index < -0.39 is 5.97 Å². The van der Waals surface area contributed by atoms with Gasteiger partial charge < -0.3 is 9.67 Å². The largest absolute Gasteiger partial charge is 0.481 e. The molecule has 3 heteroatoms. The number of aromatic nitrogens is 1. The number of carboxylic acid groups (broad SMARTS) is 1. The van der Waals surface area contributed by atoms with E-state index >= 15 is 0 Å². The van der Waals surface area contributed by atoms with E-state index in [0.717, 1.165) is 11.1 Å². The van der Waals surface area contributed by atoms with Gasteiger partial charge in [-0.15, -0.1) is 0 Å². The van der Waals surface area contributed by atoms with Gasteiger partial charge in [0.05, 0.1) is 6.42 Å². The highest BCUT2D eigenvalue weighted by atomic mass is 16.4. The number of aliphatic carboxylic acids is 1. The molecule has 1 aromatic carbocycles. The van der Waals surface area contributed by atoms with E-state index in [2.05, 4.69) is 31.5 Å². The number of rotatable bonds is 3. The van der Waals surface area contributed by atoms with E-state index in [1.54, 1.807) is 0 Å². The Hall–Kier alpha value is -1.77. The summed E-state index contributed by atoms with van der Waals surface area (Å²) in [6.07, 6.45) is 2.21. The molecule has 0 radical (unpaired) electrons. The van der Waals surface area contributed by atoms with Crippen LogP contribution < -0.4 is 0 Å². The monoisotopic (exact) mass is 231 g/mol. The SMILES string of the molecule is Cc1cn(C(C)C)c2cc(CC(=O)O)ccc12. The van der Waals surface area contributed by atoms with Gasteiger partial charge in [-0.05, 0) is 38.0 Å². The molecular formula is C14H17NO2. The van der Waals surface area contributed by atoms with Gasteiger partial charge in [0.25, 0.3) is 0 Å². The lowest BCUT2D eigenvalue weighted by Crippen LogP contribution is -2.01. The predicted molar refractivity (Wildman–Crippen MR) is 68.4 cm³/mol. The molecule has 0 spiro atoms. The van der Waals surface area contributed by atoms with Crippen molar-refractivity contribution >= 4 is 16.9 Å². The second-order valence-electron chi connectivity index (χ2n) is 4.74. The van der Waals surface area contributed by atoms with Crippen LogP contribution in [0.4, 0.5) is 0 Å². The van der Waals surface area contributed by atoms with Crippen LogP contribution in [0.3, 0.4) is 0 Å². The quantitative estimate of drug-likeness (QED) is 0.881. The molecule has 2 rings (SSSR count). The molecule has 0 bridgehead atoms. The van der Waals surface area contributed by atoms with Crippen LogP contribution in [0.25, 0.3) is 10.9 Å². The van der Waals surface area contributed by atoms with Crippen molar-refractivity contribution < 1.29 is 9.90 Å².